The van der Waals surface area contributed by atoms with Gasteiger partial charge in [-0.1, -0.05) is 115 Å². The Labute approximate surface area is 306 Å². The highest BCUT2D eigenvalue weighted by atomic mass is 32.1. The van der Waals surface area contributed by atoms with Crippen molar-refractivity contribution in [2.45, 2.75) is 0 Å². The predicted molar refractivity (Wildman–Crippen MR) is 223 cm³/mol. The number of rotatable bonds is 7. The van der Waals surface area contributed by atoms with Crippen molar-refractivity contribution < 1.29 is 0 Å². The third-order valence-corrected chi connectivity index (χ3v) is 11.0. The van der Waals surface area contributed by atoms with Crippen LogP contribution in [0.25, 0.3) is 47.7 Å². The monoisotopic (exact) mass is 683 g/mol. The third kappa shape index (κ3) is 5.04. The second-order valence-corrected chi connectivity index (χ2v) is 14.1. The first-order valence-electron chi connectivity index (χ1n) is 17.6. The summed E-state index contributed by atoms with van der Waals surface area (Å²) in [6.07, 6.45) is 0. The van der Waals surface area contributed by atoms with Crippen molar-refractivity contribution in [2.24, 2.45) is 0 Å². The van der Waals surface area contributed by atoms with Crippen molar-refractivity contribution in [2.75, 3.05) is 9.80 Å². The molecule has 0 saturated carbocycles. The van der Waals surface area contributed by atoms with Gasteiger partial charge >= 0.3 is 0 Å². The molecule has 0 aliphatic rings. The predicted octanol–water partition coefficient (Wildman–Crippen LogP) is 14.1. The fourth-order valence-corrected chi connectivity index (χ4v) is 8.82. The van der Waals surface area contributed by atoms with Crippen molar-refractivity contribution >= 4 is 87.4 Å². The lowest BCUT2D eigenvalue weighted by molar-refractivity contribution is 1.18. The van der Waals surface area contributed by atoms with Gasteiger partial charge in [-0.25, -0.2) is 0 Å². The van der Waals surface area contributed by atoms with Gasteiger partial charge in [-0.3, -0.25) is 0 Å². The Kier molecular flexibility index (Phi) is 7.33. The fraction of sp³-hybridized carbons (Fsp3) is 0. The van der Waals surface area contributed by atoms with E-state index < -0.39 is 0 Å². The standard InChI is InChI=1S/C48H33N3S/c1-5-17-34(18-6-1)49(35-19-7-2-8-20-35)39-31-44(50(36-21-9-3-10-22-36)37-23-11-4-12-24-37)48-42-26-13-15-27-43(42)51(45(48)32-39)38-29-30-41-40-25-14-16-28-46(40)52-47(41)33-38/h1-33H. The summed E-state index contributed by atoms with van der Waals surface area (Å²) in [5, 5.41) is 5.01. The molecule has 3 nitrogen and oxygen atoms in total. The Morgan fingerprint density at radius 2 is 0.846 bits per heavy atom. The number of hydrogen-bond donors (Lipinski definition) is 0. The number of nitrogens with zero attached hydrogens (tertiary/aromatic N) is 3. The van der Waals surface area contributed by atoms with E-state index in [9.17, 15) is 0 Å². The number of anilines is 6. The minimum Gasteiger partial charge on any atom is -0.310 e. The zero-order valence-corrected chi connectivity index (χ0v) is 29.1. The highest BCUT2D eigenvalue weighted by Gasteiger charge is 2.25. The van der Waals surface area contributed by atoms with E-state index in [0.29, 0.717) is 0 Å². The van der Waals surface area contributed by atoms with E-state index in [-0.39, 0.29) is 0 Å². The summed E-state index contributed by atoms with van der Waals surface area (Å²) in [5.41, 5.74) is 10.0. The second kappa shape index (κ2) is 12.6. The summed E-state index contributed by atoms with van der Waals surface area (Å²) in [6.45, 7) is 0. The average Bonchev–Trinajstić information content (AvgIpc) is 3.75. The van der Waals surface area contributed by atoms with Gasteiger partial charge in [-0.15, -0.1) is 11.3 Å². The van der Waals surface area contributed by atoms with Crippen molar-refractivity contribution in [1.82, 2.24) is 4.57 Å². The number of thiophene rings is 1. The molecule has 0 N–H and O–H groups in total. The van der Waals surface area contributed by atoms with Gasteiger partial charge in [-0.2, -0.15) is 0 Å². The Bertz CT molecular complexity index is 2760. The van der Waals surface area contributed by atoms with E-state index in [2.05, 4.69) is 215 Å². The van der Waals surface area contributed by atoms with Gasteiger partial charge in [0.15, 0.2) is 0 Å². The Balaban J connectivity index is 1.34. The molecule has 0 aliphatic carbocycles. The van der Waals surface area contributed by atoms with Crippen LogP contribution in [0.5, 0.6) is 0 Å². The van der Waals surface area contributed by atoms with Crippen LogP contribution in [0.1, 0.15) is 0 Å². The van der Waals surface area contributed by atoms with Crippen LogP contribution in [0.15, 0.2) is 200 Å². The third-order valence-electron chi connectivity index (χ3n) is 9.91. The summed E-state index contributed by atoms with van der Waals surface area (Å²) < 4.78 is 5.06. The van der Waals surface area contributed by atoms with Crippen LogP contribution in [0, 0.1) is 0 Å². The highest BCUT2D eigenvalue weighted by Crippen LogP contribution is 2.48. The molecule has 246 valence electrons. The van der Waals surface area contributed by atoms with Gasteiger partial charge in [0.05, 0.1) is 22.4 Å². The van der Waals surface area contributed by atoms with E-state index in [1.807, 2.05) is 11.3 Å². The lowest BCUT2D eigenvalue weighted by atomic mass is 10.1. The molecule has 0 unspecified atom stereocenters. The van der Waals surface area contributed by atoms with Crippen LogP contribution in [0.3, 0.4) is 0 Å². The molecule has 0 spiro atoms. The smallest absolute Gasteiger partial charge is 0.0583 e. The molecule has 8 aromatic carbocycles. The van der Waals surface area contributed by atoms with Crippen LogP contribution in [-0.4, -0.2) is 4.57 Å². The number of fused-ring (bicyclic) bond motifs is 6. The summed E-state index contributed by atoms with van der Waals surface area (Å²) in [6, 6.07) is 72.1. The molecular formula is C48H33N3S. The van der Waals surface area contributed by atoms with Gasteiger partial charge < -0.3 is 14.4 Å². The van der Waals surface area contributed by atoms with E-state index in [0.717, 1.165) is 45.3 Å². The maximum Gasteiger partial charge on any atom is 0.0583 e. The molecule has 0 amide bonds. The van der Waals surface area contributed by atoms with Crippen molar-refractivity contribution in [1.29, 1.82) is 0 Å². The van der Waals surface area contributed by atoms with E-state index in [4.69, 9.17) is 0 Å². The van der Waals surface area contributed by atoms with E-state index in [1.165, 1.54) is 36.5 Å². The minimum atomic E-state index is 1.07. The zero-order valence-electron chi connectivity index (χ0n) is 28.3. The van der Waals surface area contributed by atoms with Gasteiger partial charge in [0.1, 0.15) is 0 Å². The molecule has 2 heterocycles. The van der Waals surface area contributed by atoms with Crippen LogP contribution in [0.2, 0.25) is 0 Å². The Morgan fingerprint density at radius 1 is 0.346 bits per heavy atom. The first kappa shape index (κ1) is 30.2. The molecule has 0 aliphatic heterocycles. The molecule has 0 bridgehead atoms. The molecule has 10 rings (SSSR count). The number of benzene rings is 8. The van der Waals surface area contributed by atoms with E-state index >= 15 is 0 Å². The molecule has 52 heavy (non-hydrogen) atoms. The van der Waals surface area contributed by atoms with Gasteiger partial charge in [0, 0.05) is 59.4 Å². The zero-order chi connectivity index (χ0) is 34.4. The van der Waals surface area contributed by atoms with Crippen molar-refractivity contribution in [3.63, 3.8) is 0 Å². The Hall–Kier alpha value is -6.62. The summed E-state index contributed by atoms with van der Waals surface area (Å²) in [4.78, 5) is 4.78. The molecule has 0 atom stereocenters. The first-order chi connectivity index (χ1) is 25.8. The van der Waals surface area contributed by atoms with Gasteiger partial charge in [0.25, 0.3) is 0 Å². The van der Waals surface area contributed by atoms with Gasteiger partial charge in [-0.05, 0) is 84.9 Å². The Morgan fingerprint density at radius 3 is 1.46 bits per heavy atom. The lowest BCUT2D eigenvalue weighted by Gasteiger charge is -2.30. The topological polar surface area (TPSA) is 11.4 Å². The van der Waals surface area contributed by atoms with Crippen molar-refractivity contribution in [3.8, 4) is 5.69 Å². The largest absolute Gasteiger partial charge is 0.310 e. The van der Waals surface area contributed by atoms with E-state index in [1.54, 1.807) is 0 Å². The lowest BCUT2D eigenvalue weighted by Crippen LogP contribution is -2.14. The second-order valence-electron chi connectivity index (χ2n) is 13.0. The molecule has 10 aromatic rings. The maximum atomic E-state index is 2.46. The number of hydrogen-bond acceptors (Lipinski definition) is 3. The average molecular weight is 684 g/mol. The number of aromatic nitrogens is 1. The minimum absolute atomic E-state index is 1.07. The molecular weight excluding hydrogens is 651 g/mol. The van der Waals surface area contributed by atoms with Crippen molar-refractivity contribution in [3.05, 3.63) is 200 Å². The number of para-hydroxylation sites is 5. The van der Waals surface area contributed by atoms with Crippen LogP contribution < -0.4 is 9.80 Å². The van der Waals surface area contributed by atoms with Crippen LogP contribution in [-0.2, 0) is 0 Å². The molecule has 0 saturated heterocycles. The summed E-state index contributed by atoms with van der Waals surface area (Å²) in [5.74, 6) is 0. The normalized spacial score (nSPS) is 11.5. The van der Waals surface area contributed by atoms with Gasteiger partial charge in [0.2, 0.25) is 0 Å². The maximum absolute atomic E-state index is 2.46. The molecule has 4 heteroatoms. The SMILES string of the molecule is c1ccc(N(c2ccccc2)c2cc(N(c3ccccc3)c3ccccc3)c3c4ccccc4n(-c4ccc5c(c4)sc4ccccc45)c3c2)cc1. The summed E-state index contributed by atoms with van der Waals surface area (Å²) in [7, 11) is 0. The molecule has 0 radical (unpaired) electrons. The highest BCUT2D eigenvalue weighted by molar-refractivity contribution is 7.25. The first-order valence-corrected chi connectivity index (χ1v) is 18.4. The van der Waals surface area contributed by atoms with Crippen LogP contribution >= 0.6 is 11.3 Å². The quantitative estimate of drug-likeness (QED) is 0.166. The van der Waals surface area contributed by atoms with Crippen LogP contribution in [0.4, 0.5) is 34.1 Å². The molecule has 2 aromatic heterocycles. The molecule has 0 fully saturated rings. The summed E-state index contributed by atoms with van der Waals surface area (Å²) >= 11 is 1.86. The fourth-order valence-electron chi connectivity index (χ4n) is 7.68.